The first-order valence-electron chi connectivity index (χ1n) is 2.51. The maximum atomic E-state index is 2.30. The topological polar surface area (TPSA) is 0 Å². The second kappa shape index (κ2) is 4.52. The summed E-state index contributed by atoms with van der Waals surface area (Å²) in [5.41, 5.74) is 1.32. The Kier molecular flexibility index (Phi) is 4.88. The summed E-state index contributed by atoms with van der Waals surface area (Å²) in [5.74, 6) is 0. The third kappa shape index (κ3) is 3.42. The van der Waals surface area contributed by atoms with Crippen molar-refractivity contribution >= 4 is 45.6 Å². The molecule has 0 heterocycles. The zero-order valence-corrected chi connectivity index (χ0v) is 8.97. The van der Waals surface area contributed by atoms with E-state index < -0.39 is 0 Å². The minimum atomic E-state index is 0. The van der Waals surface area contributed by atoms with Crippen molar-refractivity contribution in [1.82, 2.24) is 0 Å². The van der Waals surface area contributed by atoms with E-state index in [2.05, 4.69) is 53.8 Å². The molecule has 0 aliphatic heterocycles. The minimum Gasteiger partial charge on any atom is -1.00 e. The summed E-state index contributed by atoms with van der Waals surface area (Å²) in [5, 5.41) is 0. The molecule has 1 aromatic rings. The fourth-order valence-electron chi connectivity index (χ4n) is 0.533. The van der Waals surface area contributed by atoms with E-state index in [0.29, 0.717) is 0 Å². The van der Waals surface area contributed by atoms with Crippen LogP contribution in [-0.2, 0) is 0 Å². The number of halogens is 1. The first kappa shape index (κ1) is 9.72. The maximum absolute atomic E-state index is 2.30. The molecule has 0 aliphatic carbocycles. The van der Waals surface area contributed by atoms with Crippen LogP contribution in [0.2, 0.25) is 0 Å². The van der Waals surface area contributed by atoms with Crippen LogP contribution < -0.4 is 0 Å². The number of hydrogen-bond acceptors (Lipinski definition) is 0. The van der Waals surface area contributed by atoms with Crippen LogP contribution in [0.25, 0.3) is 0 Å². The van der Waals surface area contributed by atoms with Gasteiger partial charge in [-0.05, 0) is 41.6 Å². The van der Waals surface area contributed by atoms with Gasteiger partial charge in [0.05, 0.1) is 0 Å². The second-order valence-electron chi connectivity index (χ2n) is 1.80. The predicted molar refractivity (Wildman–Crippen MR) is 51.9 cm³/mol. The summed E-state index contributed by atoms with van der Waals surface area (Å²) in [7, 11) is 0. The van der Waals surface area contributed by atoms with Crippen LogP contribution in [0.4, 0.5) is 0 Å². The molecule has 9 heavy (non-hydrogen) atoms. The Morgan fingerprint density at radius 2 is 1.67 bits per heavy atom. The molecule has 0 nitrogen and oxygen atoms in total. The quantitative estimate of drug-likeness (QED) is 0.486. The molecule has 0 amide bonds. The monoisotopic (exact) mass is 244 g/mol. The molecule has 0 radical (unpaired) electrons. The zero-order chi connectivity index (χ0) is 5.98. The van der Waals surface area contributed by atoms with E-state index in [9.17, 15) is 0 Å². The molecule has 0 aliphatic rings. The largest absolute Gasteiger partial charge is 2.00 e. The van der Waals surface area contributed by atoms with Gasteiger partial charge in [0.15, 0.2) is 0 Å². The Hall–Kier alpha value is 0.716. The molecule has 0 fully saturated rings. The molecule has 0 atom stereocenters. The van der Waals surface area contributed by atoms with E-state index in [1.54, 1.807) is 0 Å². The van der Waals surface area contributed by atoms with E-state index in [4.69, 9.17) is 0 Å². The molecule has 1 rings (SSSR count). The predicted octanol–water partition coefficient (Wildman–Crippen LogP) is 2.44. The minimum absolute atomic E-state index is 0. The van der Waals surface area contributed by atoms with E-state index in [0.717, 1.165) is 0 Å². The van der Waals surface area contributed by atoms with Crippen molar-refractivity contribution in [3.8, 4) is 0 Å². The Balaban J connectivity index is -0.000000213. The summed E-state index contributed by atoms with van der Waals surface area (Å²) in [6, 6.07) is 8.44. The van der Waals surface area contributed by atoms with Crippen LogP contribution in [0.5, 0.6) is 0 Å². The van der Waals surface area contributed by atoms with E-state index >= 15 is 0 Å². The third-order valence-corrected chi connectivity index (χ3v) is 1.73. The molecule has 2 heteroatoms. The summed E-state index contributed by atoms with van der Waals surface area (Å²) >= 11 is 2.30. The maximum Gasteiger partial charge on any atom is 2.00 e. The van der Waals surface area contributed by atoms with Gasteiger partial charge in [-0.2, -0.15) is 0 Å². The Labute approximate surface area is 88.3 Å². The van der Waals surface area contributed by atoms with Gasteiger partial charge >= 0.3 is 23.1 Å². The van der Waals surface area contributed by atoms with Crippen LogP contribution in [0.1, 0.15) is 8.42 Å². The third-order valence-electron chi connectivity index (χ3n) is 1.01. The summed E-state index contributed by atoms with van der Waals surface area (Å²) in [6.45, 7) is 2.09. The molecule has 0 N–H and O–H groups in total. The van der Waals surface area contributed by atoms with Crippen molar-refractivity contribution in [2.75, 3.05) is 0 Å². The molecule has 46 valence electrons. The van der Waals surface area contributed by atoms with Gasteiger partial charge in [-0.15, -0.1) is 0 Å². The zero-order valence-electron chi connectivity index (χ0n) is 7.39. The van der Waals surface area contributed by atoms with Gasteiger partial charge in [-0.1, -0.05) is 17.7 Å². The summed E-state index contributed by atoms with van der Waals surface area (Å²) < 4.78 is 1.30. The van der Waals surface area contributed by atoms with Gasteiger partial charge in [0, 0.05) is 3.57 Å². The van der Waals surface area contributed by atoms with Crippen LogP contribution in [-0.4, -0.2) is 23.1 Å². The van der Waals surface area contributed by atoms with Crippen LogP contribution in [0.15, 0.2) is 24.3 Å². The Morgan fingerprint density at radius 3 is 2.00 bits per heavy atom. The summed E-state index contributed by atoms with van der Waals surface area (Å²) in [6.07, 6.45) is 0. The number of hydrogen-bond donors (Lipinski definition) is 0. The van der Waals surface area contributed by atoms with Crippen molar-refractivity contribution in [2.24, 2.45) is 0 Å². The van der Waals surface area contributed by atoms with Crippen molar-refractivity contribution in [1.29, 1.82) is 0 Å². The fraction of sp³-hybridized carbons (Fsp3) is 0.143. The number of benzene rings is 1. The Bertz CT molecular complexity index is 155. The van der Waals surface area contributed by atoms with E-state index in [1.807, 2.05) is 0 Å². The standard InChI is InChI=1S/C7H7I.Mg.2H/c1-6-2-4-7(8)5-3-6;;;/h2-5H,1H3;;;/q;+2;2*-1. The first-order chi connectivity index (χ1) is 3.79. The van der Waals surface area contributed by atoms with Crippen molar-refractivity contribution < 1.29 is 2.85 Å². The van der Waals surface area contributed by atoms with Gasteiger partial charge in [0.25, 0.3) is 0 Å². The number of aryl methyl sites for hydroxylation is 1. The molecule has 1 aromatic carbocycles. The van der Waals surface area contributed by atoms with E-state index in [-0.39, 0.29) is 25.9 Å². The van der Waals surface area contributed by atoms with Crippen molar-refractivity contribution in [3.63, 3.8) is 0 Å². The SMILES string of the molecule is Cc1ccc(I)cc1.[H-].[H-].[Mg+2]. The number of rotatable bonds is 0. The molecule has 0 spiro atoms. The van der Waals surface area contributed by atoms with E-state index in [1.165, 1.54) is 9.13 Å². The Morgan fingerprint density at radius 1 is 1.22 bits per heavy atom. The van der Waals surface area contributed by atoms with Gasteiger partial charge in [-0.3, -0.25) is 0 Å². The smallest absolute Gasteiger partial charge is 1.00 e. The van der Waals surface area contributed by atoms with Crippen LogP contribution in [0, 0.1) is 10.5 Å². The van der Waals surface area contributed by atoms with Crippen molar-refractivity contribution in [3.05, 3.63) is 33.4 Å². The molecule has 0 unspecified atom stereocenters. The van der Waals surface area contributed by atoms with Crippen molar-refractivity contribution in [2.45, 2.75) is 6.92 Å². The molecule has 0 bridgehead atoms. The van der Waals surface area contributed by atoms with Gasteiger partial charge in [0.2, 0.25) is 0 Å². The van der Waals surface area contributed by atoms with Crippen LogP contribution >= 0.6 is 22.6 Å². The van der Waals surface area contributed by atoms with Gasteiger partial charge in [0.1, 0.15) is 0 Å². The second-order valence-corrected chi connectivity index (χ2v) is 3.04. The average molecular weight is 244 g/mol. The normalized spacial score (nSPS) is 8.22. The fourth-order valence-corrected chi connectivity index (χ4v) is 0.893. The molecule has 0 aromatic heterocycles. The molecular formula is C7H9IMg. The molecular weight excluding hydrogens is 235 g/mol. The average Bonchev–Trinajstić information content (AvgIpc) is 1.77. The van der Waals surface area contributed by atoms with Crippen LogP contribution in [0.3, 0.4) is 0 Å². The molecule has 0 saturated carbocycles. The van der Waals surface area contributed by atoms with Gasteiger partial charge in [-0.25, -0.2) is 0 Å². The summed E-state index contributed by atoms with van der Waals surface area (Å²) in [4.78, 5) is 0. The van der Waals surface area contributed by atoms with Gasteiger partial charge < -0.3 is 2.85 Å². The first-order valence-corrected chi connectivity index (χ1v) is 3.59. The molecule has 0 saturated heterocycles.